The monoisotopic (exact) mass is 422 g/mol. The molecule has 3 aromatic rings. The van der Waals surface area contributed by atoms with E-state index in [-0.39, 0.29) is 11.8 Å². The second kappa shape index (κ2) is 10.9. The van der Waals surface area contributed by atoms with Crippen molar-refractivity contribution in [2.45, 2.75) is 39.9 Å². The van der Waals surface area contributed by atoms with Crippen LogP contribution in [0.25, 0.3) is 0 Å². The second-order valence-electron chi connectivity index (χ2n) is 8.34. The summed E-state index contributed by atoms with van der Waals surface area (Å²) in [5, 5.41) is 0. The van der Waals surface area contributed by atoms with Crippen molar-refractivity contribution in [3.05, 3.63) is 95.1 Å². The number of aromatic nitrogens is 1. The van der Waals surface area contributed by atoms with E-state index in [9.17, 15) is 9.18 Å². The van der Waals surface area contributed by atoms with Crippen LogP contribution in [0.1, 0.15) is 47.4 Å². The number of hydrogen-bond acceptors (Lipinski definition) is 3. The molecule has 0 aliphatic rings. The van der Waals surface area contributed by atoms with Crippen molar-refractivity contribution in [1.82, 2.24) is 9.47 Å². The lowest BCUT2D eigenvalue weighted by Gasteiger charge is -2.24. The highest BCUT2D eigenvalue weighted by atomic mass is 19.1. The molecule has 0 bridgehead atoms. The molecule has 3 rings (SSSR count). The van der Waals surface area contributed by atoms with E-state index in [4.69, 9.17) is 4.74 Å². The number of carbonyl (C=O) groups is 1. The molecule has 0 saturated heterocycles. The summed E-state index contributed by atoms with van der Waals surface area (Å²) in [6, 6.07) is 18.5. The zero-order valence-electron chi connectivity index (χ0n) is 18.6. The Morgan fingerprint density at radius 3 is 2.32 bits per heavy atom. The molecular weight excluding hydrogens is 391 g/mol. The Morgan fingerprint density at radius 1 is 1.00 bits per heavy atom. The number of methoxy groups -OCH3 is 1. The maximum Gasteiger partial charge on any atom is 0.337 e. The molecule has 31 heavy (non-hydrogen) atoms. The minimum absolute atomic E-state index is 0.213. The third-order valence-electron chi connectivity index (χ3n) is 5.38. The van der Waals surface area contributed by atoms with Gasteiger partial charge in [0.05, 0.1) is 12.7 Å². The van der Waals surface area contributed by atoms with E-state index in [1.54, 1.807) is 0 Å². The summed E-state index contributed by atoms with van der Waals surface area (Å²) < 4.78 is 20.2. The summed E-state index contributed by atoms with van der Waals surface area (Å²) in [6.07, 6.45) is 3.18. The number of ether oxygens (including phenoxy) is 1. The van der Waals surface area contributed by atoms with Gasteiger partial charge in [0.15, 0.2) is 0 Å². The van der Waals surface area contributed by atoms with E-state index >= 15 is 0 Å². The van der Waals surface area contributed by atoms with Crippen LogP contribution in [0, 0.1) is 11.7 Å². The van der Waals surface area contributed by atoms with Crippen molar-refractivity contribution < 1.29 is 13.9 Å². The van der Waals surface area contributed by atoms with Crippen LogP contribution < -0.4 is 0 Å². The molecule has 1 heterocycles. The molecule has 0 fully saturated rings. The highest BCUT2D eigenvalue weighted by Crippen LogP contribution is 2.16. The molecule has 0 spiro atoms. The Labute approximate surface area is 184 Å². The number of benzene rings is 2. The third-order valence-corrected chi connectivity index (χ3v) is 5.38. The Bertz CT molecular complexity index is 962. The van der Waals surface area contributed by atoms with E-state index in [1.165, 1.54) is 24.9 Å². The van der Waals surface area contributed by atoms with Gasteiger partial charge < -0.3 is 9.30 Å². The van der Waals surface area contributed by atoms with Crippen LogP contribution in [0.3, 0.4) is 0 Å². The molecule has 0 amide bonds. The van der Waals surface area contributed by atoms with Crippen LogP contribution in [0.4, 0.5) is 4.39 Å². The van der Waals surface area contributed by atoms with Crippen LogP contribution >= 0.6 is 0 Å². The first-order valence-electron chi connectivity index (χ1n) is 10.7. The fourth-order valence-electron chi connectivity index (χ4n) is 3.54. The summed E-state index contributed by atoms with van der Waals surface area (Å²) in [6.45, 7) is 7.79. The quantitative estimate of drug-likeness (QED) is 0.404. The third kappa shape index (κ3) is 6.79. The van der Waals surface area contributed by atoms with Crippen molar-refractivity contribution in [2.24, 2.45) is 5.92 Å². The zero-order valence-corrected chi connectivity index (χ0v) is 18.6. The number of esters is 1. The first-order chi connectivity index (χ1) is 14.9. The highest BCUT2D eigenvalue weighted by molar-refractivity contribution is 5.89. The maximum absolute atomic E-state index is 13.2. The fourth-order valence-corrected chi connectivity index (χ4v) is 3.54. The second-order valence-corrected chi connectivity index (χ2v) is 8.34. The fraction of sp³-hybridized carbons (Fsp3) is 0.346. The Balaban J connectivity index is 1.72. The van der Waals surface area contributed by atoms with Crippen molar-refractivity contribution in [3.63, 3.8) is 0 Å². The Morgan fingerprint density at radius 2 is 1.68 bits per heavy atom. The van der Waals surface area contributed by atoms with Crippen LogP contribution in [0.5, 0.6) is 0 Å². The van der Waals surface area contributed by atoms with Gasteiger partial charge in [-0.15, -0.1) is 0 Å². The molecule has 1 aromatic heterocycles. The topological polar surface area (TPSA) is 34.5 Å². The first-order valence-corrected chi connectivity index (χ1v) is 10.7. The van der Waals surface area contributed by atoms with Crippen LogP contribution in [-0.2, 0) is 24.4 Å². The number of nitrogens with zero attached hydrogens (tertiary/aromatic N) is 2. The number of hydrogen-bond donors (Lipinski definition) is 0. The van der Waals surface area contributed by atoms with Gasteiger partial charge in [-0.1, -0.05) is 38.1 Å². The zero-order chi connectivity index (χ0) is 22.2. The molecule has 0 saturated carbocycles. The molecule has 0 N–H and O–H groups in total. The molecular formula is C26H31FN2O2. The molecule has 0 aliphatic heterocycles. The molecule has 4 nitrogen and oxygen atoms in total. The SMILES string of the molecule is COC(=O)c1ccc(CN(CCC(C)C)Cc2cccn2Cc2ccc(F)cc2)cc1. The molecule has 2 aromatic carbocycles. The molecule has 0 atom stereocenters. The van der Waals surface area contributed by atoms with Crippen molar-refractivity contribution in [3.8, 4) is 0 Å². The minimum atomic E-state index is -0.318. The molecule has 0 unspecified atom stereocenters. The first kappa shape index (κ1) is 22.8. The van der Waals surface area contributed by atoms with Gasteiger partial charge in [-0.2, -0.15) is 0 Å². The summed E-state index contributed by atoms with van der Waals surface area (Å²) in [4.78, 5) is 14.1. The minimum Gasteiger partial charge on any atom is -0.465 e. The van der Waals surface area contributed by atoms with Crippen molar-refractivity contribution in [2.75, 3.05) is 13.7 Å². The number of carbonyl (C=O) groups excluding carboxylic acids is 1. The van der Waals surface area contributed by atoms with E-state index in [0.29, 0.717) is 18.0 Å². The predicted molar refractivity (Wildman–Crippen MR) is 121 cm³/mol. The van der Waals surface area contributed by atoms with Gasteiger partial charge in [0.25, 0.3) is 0 Å². The van der Waals surface area contributed by atoms with Gasteiger partial charge in [-0.25, -0.2) is 9.18 Å². The van der Waals surface area contributed by atoms with Crippen molar-refractivity contribution >= 4 is 5.97 Å². The average Bonchev–Trinajstić information content (AvgIpc) is 3.20. The molecule has 0 aliphatic carbocycles. The smallest absolute Gasteiger partial charge is 0.337 e. The summed E-state index contributed by atoms with van der Waals surface area (Å²) in [5.74, 6) is 0.0894. The summed E-state index contributed by atoms with van der Waals surface area (Å²) >= 11 is 0. The van der Waals surface area contributed by atoms with E-state index in [2.05, 4.69) is 41.6 Å². The van der Waals surface area contributed by atoms with E-state index in [0.717, 1.165) is 37.2 Å². The maximum atomic E-state index is 13.2. The van der Waals surface area contributed by atoms with Crippen molar-refractivity contribution in [1.29, 1.82) is 0 Å². The molecule has 5 heteroatoms. The van der Waals surface area contributed by atoms with E-state index < -0.39 is 0 Å². The predicted octanol–water partition coefficient (Wildman–Crippen LogP) is 5.51. The van der Waals surface area contributed by atoms with Crippen LogP contribution in [-0.4, -0.2) is 29.1 Å². The van der Waals surface area contributed by atoms with Gasteiger partial charge in [0.2, 0.25) is 0 Å². The lowest BCUT2D eigenvalue weighted by atomic mass is 10.1. The lowest BCUT2D eigenvalue weighted by Crippen LogP contribution is -2.26. The Hall–Kier alpha value is -2.92. The normalized spacial score (nSPS) is 11.3. The average molecular weight is 423 g/mol. The number of halogens is 1. The van der Waals surface area contributed by atoms with Gasteiger partial charge in [-0.3, -0.25) is 4.90 Å². The van der Waals surface area contributed by atoms with Gasteiger partial charge in [0.1, 0.15) is 5.82 Å². The Kier molecular flexibility index (Phi) is 8.01. The lowest BCUT2D eigenvalue weighted by molar-refractivity contribution is 0.0600. The number of rotatable bonds is 10. The molecule has 0 radical (unpaired) electrons. The van der Waals surface area contributed by atoms with E-state index in [1.807, 2.05) is 36.4 Å². The molecule has 164 valence electrons. The standard InChI is InChI=1S/C26H31FN2O2/c1-20(2)14-16-28(17-21-6-10-23(11-7-21)26(30)31-3)19-25-5-4-15-29(25)18-22-8-12-24(27)13-9-22/h4-13,15,20H,14,16-19H2,1-3H3. The van der Waals surface area contributed by atoms with Gasteiger partial charge in [0, 0.05) is 31.5 Å². The van der Waals surface area contributed by atoms with Crippen LogP contribution in [0.15, 0.2) is 66.9 Å². The van der Waals surface area contributed by atoms with Crippen LogP contribution in [0.2, 0.25) is 0 Å². The summed E-state index contributed by atoms with van der Waals surface area (Å²) in [5.41, 5.74) is 4.02. The van der Waals surface area contributed by atoms with Gasteiger partial charge in [-0.05, 0) is 66.4 Å². The summed E-state index contributed by atoms with van der Waals surface area (Å²) in [7, 11) is 1.39. The van der Waals surface area contributed by atoms with Gasteiger partial charge >= 0.3 is 5.97 Å². The largest absolute Gasteiger partial charge is 0.465 e. The highest BCUT2D eigenvalue weighted by Gasteiger charge is 2.12.